The van der Waals surface area contributed by atoms with Crippen LogP contribution < -0.4 is 11.1 Å². The molecule has 1 unspecified atom stereocenters. The van der Waals surface area contributed by atoms with E-state index in [9.17, 15) is 0 Å². The minimum atomic E-state index is 0.489. The number of nitrogens with one attached hydrogen (secondary N) is 1. The van der Waals surface area contributed by atoms with Gasteiger partial charge in [0.15, 0.2) is 0 Å². The molecule has 0 amide bonds. The molecule has 2 heteroatoms. The average Bonchev–Trinajstić information content (AvgIpc) is 2.64. The number of hydrogen-bond donors (Lipinski definition) is 2. The van der Waals surface area contributed by atoms with Gasteiger partial charge in [0.1, 0.15) is 0 Å². The summed E-state index contributed by atoms with van der Waals surface area (Å²) in [5, 5.41) is 3.43. The van der Waals surface area contributed by atoms with Gasteiger partial charge in [0.25, 0.3) is 0 Å². The zero-order chi connectivity index (χ0) is 9.52. The quantitative estimate of drug-likeness (QED) is 0.619. The topological polar surface area (TPSA) is 38.0 Å². The molecule has 0 radical (unpaired) electrons. The third kappa shape index (κ3) is 4.63. The van der Waals surface area contributed by atoms with Crippen molar-refractivity contribution < 1.29 is 0 Å². The van der Waals surface area contributed by atoms with E-state index in [4.69, 9.17) is 5.73 Å². The number of rotatable bonds is 6. The molecule has 0 saturated heterocycles. The molecule has 1 fully saturated rings. The third-order valence-electron chi connectivity index (χ3n) is 3.11. The Hall–Kier alpha value is -0.0800. The van der Waals surface area contributed by atoms with Gasteiger partial charge in [-0.1, -0.05) is 25.7 Å². The van der Waals surface area contributed by atoms with Crippen LogP contribution in [0.1, 0.15) is 45.4 Å². The first-order valence-corrected chi connectivity index (χ1v) is 5.76. The summed E-state index contributed by atoms with van der Waals surface area (Å²) in [6.07, 6.45) is 8.65. The summed E-state index contributed by atoms with van der Waals surface area (Å²) in [7, 11) is 0. The van der Waals surface area contributed by atoms with Crippen LogP contribution in [-0.2, 0) is 0 Å². The van der Waals surface area contributed by atoms with Crippen LogP contribution in [0.15, 0.2) is 0 Å². The van der Waals surface area contributed by atoms with E-state index in [1.807, 2.05) is 0 Å². The first-order chi connectivity index (χ1) is 6.33. The predicted molar refractivity (Wildman–Crippen MR) is 57.7 cm³/mol. The summed E-state index contributed by atoms with van der Waals surface area (Å²) in [5.74, 6) is 1.04. The molecule has 0 aliphatic heterocycles. The van der Waals surface area contributed by atoms with E-state index in [0.717, 1.165) is 19.0 Å². The Morgan fingerprint density at radius 2 is 2.08 bits per heavy atom. The van der Waals surface area contributed by atoms with Gasteiger partial charge in [-0.25, -0.2) is 0 Å². The highest BCUT2D eigenvalue weighted by molar-refractivity contribution is 4.68. The van der Waals surface area contributed by atoms with Crippen molar-refractivity contribution in [2.24, 2.45) is 11.7 Å². The van der Waals surface area contributed by atoms with Crippen LogP contribution in [0.4, 0.5) is 0 Å². The van der Waals surface area contributed by atoms with Crippen molar-refractivity contribution in [3.05, 3.63) is 0 Å². The maximum absolute atomic E-state index is 5.51. The lowest BCUT2D eigenvalue weighted by Gasteiger charge is -2.12. The van der Waals surface area contributed by atoms with Gasteiger partial charge in [-0.2, -0.15) is 0 Å². The van der Waals surface area contributed by atoms with Crippen LogP contribution in [0.25, 0.3) is 0 Å². The van der Waals surface area contributed by atoms with Crippen molar-refractivity contribution in [1.82, 2.24) is 5.32 Å². The first kappa shape index (κ1) is 11.0. The predicted octanol–water partition coefficient (Wildman–Crippen LogP) is 1.89. The maximum Gasteiger partial charge on any atom is 0.0161 e. The fourth-order valence-corrected chi connectivity index (χ4v) is 2.12. The minimum absolute atomic E-state index is 0.489. The fourth-order valence-electron chi connectivity index (χ4n) is 2.12. The molecule has 1 saturated carbocycles. The molecule has 3 N–H and O–H groups in total. The summed E-state index contributed by atoms with van der Waals surface area (Å²) < 4.78 is 0. The molecular weight excluding hydrogens is 160 g/mol. The normalized spacial score (nSPS) is 20.8. The molecule has 0 bridgehead atoms. The minimum Gasteiger partial charge on any atom is -0.329 e. The van der Waals surface area contributed by atoms with Gasteiger partial charge >= 0.3 is 0 Å². The van der Waals surface area contributed by atoms with Gasteiger partial charge in [0, 0.05) is 12.6 Å². The van der Waals surface area contributed by atoms with E-state index in [2.05, 4.69) is 12.2 Å². The molecule has 0 aromatic carbocycles. The van der Waals surface area contributed by atoms with Crippen molar-refractivity contribution in [3.63, 3.8) is 0 Å². The zero-order valence-electron chi connectivity index (χ0n) is 8.89. The van der Waals surface area contributed by atoms with E-state index >= 15 is 0 Å². The van der Waals surface area contributed by atoms with Crippen LogP contribution in [0.3, 0.4) is 0 Å². The Morgan fingerprint density at radius 3 is 2.69 bits per heavy atom. The average molecular weight is 184 g/mol. The number of hydrogen-bond acceptors (Lipinski definition) is 2. The molecule has 0 aromatic heterocycles. The smallest absolute Gasteiger partial charge is 0.0161 e. The van der Waals surface area contributed by atoms with Crippen LogP contribution in [0.2, 0.25) is 0 Å². The lowest BCUT2D eigenvalue weighted by Crippen LogP contribution is -2.33. The van der Waals surface area contributed by atoms with Crippen LogP contribution >= 0.6 is 0 Å². The second-order valence-electron chi connectivity index (χ2n) is 4.38. The van der Waals surface area contributed by atoms with E-state index in [0.29, 0.717) is 6.04 Å². The standard InChI is InChI=1S/C11H24N2/c1-10(9-12)13-8-4-7-11-5-2-3-6-11/h10-11,13H,2-9,12H2,1H3. The summed E-state index contributed by atoms with van der Waals surface area (Å²) in [4.78, 5) is 0. The first-order valence-electron chi connectivity index (χ1n) is 5.76. The van der Waals surface area contributed by atoms with Gasteiger partial charge in [-0.15, -0.1) is 0 Å². The Balaban J connectivity index is 1.88. The largest absolute Gasteiger partial charge is 0.329 e. The van der Waals surface area contributed by atoms with Crippen molar-refractivity contribution in [2.45, 2.75) is 51.5 Å². The van der Waals surface area contributed by atoms with Gasteiger partial charge in [-0.3, -0.25) is 0 Å². The van der Waals surface area contributed by atoms with Gasteiger partial charge in [0.05, 0.1) is 0 Å². The summed E-state index contributed by atoms with van der Waals surface area (Å²) in [6, 6.07) is 0.489. The highest BCUT2D eigenvalue weighted by atomic mass is 14.9. The maximum atomic E-state index is 5.51. The molecule has 0 spiro atoms. The van der Waals surface area contributed by atoms with E-state index in [1.54, 1.807) is 0 Å². The third-order valence-corrected chi connectivity index (χ3v) is 3.11. The van der Waals surface area contributed by atoms with E-state index < -0.39 is 0 Å². The van der Waals surface area contributed by atoms with Crippen LogP contribution in [-0.4, -0.2) is 19.1 Å². The highest BCUT2D eigenvalue weighted by Crippen LogP contribution is 2.28. The lowest BCUT2D eigenvalue weighted by molar-refractivity contribution is 0.454. The van der Waals surface area contributed by atoms with E-state index in [1.165, 1.54) is 38.5 Å². The molecule has 1 aliphatic carbocycles. The Labute approximate surface area is 82.3 Å². The summed E-state index contributed by atoms with van der Waals surface area (Å²) in [5.41, 5.74) is 5.51. The Morgan fingerprint density at radius 1 is 1.38 bits per heavy atom. The van der Waals surface area contributed by atoms with Gasteiger partial charge in [0.2, 0.25) is 0 Å². The summed E-state index contributed by atoms with van der Waals surface area (Å²) >= 11 is 0. The molecule has 1 atom stereocenters. The SMILES string of the molecule is CC(CN)NCCCC1CCCC1. The molecule has 78 valence electrons. The van der Waals surface area contributed by atoms with Crippen molar-refractivity contribution in [1.29, 1.82) is 0 Å². The van der Waals surface area contributed by atoms with Crippen molar-refractivity contribution in [3.8, 4) is 0 Å². The highest BCUT2D eigenvalue weighted by Gasteiger charge is 2.13. The van der Waals surface area contributed by atoms with Crippen LogP contribution in [0, 0.1) is 5.92 Å². The zero-order valence-corrected chi connectivity index (χ0v) is 8.89. The second kappa shape index (κ2) is 6.39. The molecule has 13 heavy (non-hydrogen) atoms. The molecule has 2 nitrogen and oxygen atoms in total. The summed E-state index contributed by atoms with van der Waals surface area (Å²) in [6.45, 7) is 4.05. The fraction of sp³-hybridized carbons (Fsp3) is 1.00. The molecular formula is C11H24N2. The molecule has 0 aromatic rings. The van der Waals surface area contributed by atoms with E-state index in [-0.39, 0.29) is 0 Å². The Bertz CT molecular complexity index is 119. The molecule has 1 aliphatic rings. The van der Waals surface area contributed by atoms with Crippen molar-refractivity contribution >= 4 is 0 Å². The lowest BCUT2D eigenvalue weighted by atomic mass is 10.0. The monoisotopic (exact) mass is 184 g/mol. The number of nitrogens with two attached hydrogens (primary N) is 1. The van der Waals surface area contributed by atoms with Crippen LogP contribution in [0.5, 0.6) is 0 Å². The Kier molecular flexibility index (Phi) is 5.40. The van der Waals surface area contributed by atoms with Crippen molar-refractivity contribution in [2.75, 3.05) is 13.1 Å². The second-order valence-corrected chi connectivity index (χ2v) is 4.38. The van der Waals surface area contributed by atoms with Gasteiger partial charge < -0.3 is 11.1 Å². The van der Waals surface area contributed by atoms with Gasteiger partial charge in [-0.05, 0) is 32.2 Å². The molecule has 1 rings (SSSR count). The molecule has 0 heterocycles.